The monoisotopic (exact) mass is 207 g/mol. The Hall–Kier alpha value is -1.39. The average Bonchev–Trinajstić information content (AvgIpc) is 2.50. The molecule has 1 aromatic carbocycles. The van der Waals surface area contributed by atoms with Gasteiger partial charge in [-0.3, -0.25) is 0 Å². The minimum Gasteiger partial charge on any atom is -0.480 e. The quantitative estimate of drug-likeness (QED) is 0.765. The summed E-state index contributed by atoms with van der Waals surface area (Å²) in [6.45, 7) is -0.299. The van der Waals surface area contributed by atoms with Crippen molar-refractivity contribution in [2.24, 2.45) is 5.73 Å². The van der Waals surface area contributed by atoms with Crippen LogP contribution in [-0.2, 0) is 16.0 Å². The van der Waals surface area contributed by atoms with E-state index in [9.17, 15) is 4.79 Å². The van der Waals surface area contributed by atoms with Gasteiger partial charge in [-0.25, -0.2) is 4.79 Å². The van der Waals surface area contributed by atoms with Gasteiger partial charge in [0.05, 0.1) is 6.10 Å². The molecule has 0 amide bonds. The van der Waals surface area contributed by atoms with Gasteiger partial charge >= 0.3 is 5.97 Å². The second-order valence-electron chi connectivity index (χ2n) is 3.69. The lowest BCUT2D eigenvalue weighted by Gasteiger charge is -2.16. The molecule has 15 heavy (non-hydrogen) atoms. The number of hydrogen-bond acceptors (Lipinski definition) is 3. The Labute approximate surface area is 87.7 Å². The number of carboxylic acids is 1. The Morgan fingerprint density at radius 1 is 1.53 bits per heavy atom. The van der Waals surface area contributed by atoms with Crippen molar-refractivity contribution in [2.75, 3.05) is 6.61 Å². The second-order valence-corrected chi connectivity index (χ2v) is 3.69. The van der Waals surface area contributed by atoms with Crippen LogP contribution in [0.4, 0.5) is 0 Å². The van der Waals surface area contributed by atoms with Crippen LogP contribution in [0, 0.1) is 0 Å². The van der Waals surface area contributed by atoms with Crippen molar-refractivity contribution in [1.29, 1.82) is 0 Å². The normalized spacial score (nSPS) is 23.8. The zero-order valence-corrected chi connectivity index (χ0v) is 8.22. The summed E-state index contributed by atoms with van der Waals surface area (Å²) in [6.07, 6.45) is 0.470. The fourth-order valence-corrected chi connectivity index (χ4v) is 1.96. The molecule has 0 fully saturated rings. The standard InChI is InChI=1S/C11H13NO3/c12-9-5-7-3-1-2-4-8(7)11(9)15-6-10(13)14/h1-4,9,11H,5-6,12H2,(H,13,14). The minimum atomic E-state index is -0.966. The molecule has 0 aromatic heterocycles. The Bertz CT molecular complexity index is 378. The summed E-state index contributed by atoms with van der Waals surface area (Å²) in [7, 11) is 0. The maximum Gasteiger partial charge on any atom is 0.329 e. The van der Waals surface area contributed by atoms with E-state index in [1.807, 2.05) is 24.3 Å². The molecule has 0 saturated heterocycles. The smallest absolute Gasteiger partial charge is 0.329 e. The highest BCUT2D eigenvalue weighted by Crippen LogP contribution is 2.32. The zero-order chi connectivity index (χ0) is 10.8. The molecule has 2 rings (SSSR count). The van der Waals surface area contributed by atoms with Crippen LogP contribution in [0.15, 0.2) is 24.3 Å². The summed E-state index contributed by atoms with van der Waals surface area (Å²) in [4.78, 5) is 10.4. The first-order valence-corrected chi connectivity index (χ1v) is 4.85. The van der Waals surface area contributed by atoms with E-state index in [0.717, 1.165) is 17.5 Å². The summed E-state index contributed by atoms with van der Waals surface area (Å²) in [5, 5.41) is 8.54. The van der Waals surface area contributed by atoms with Gasteiger partial charge in [-0.15, -0.1) is 0 Å². The van der Waals surface area contributed by atoms with Crippen molar-refractivity contribution in [3.63, 3.8) is 0 Å². The molecule has 1 aliphatic carbocycles. The molecule has 80 valence electrons. The molecule has 2 unspecified atom stereocenters. The number of aliphatic carboxylic acids is 1. The summed E-state index contributed by atoms with van der Waals surface area (Å²) >= 11 is 0. The van der Waals surface area contributed by atoms with E-state index in [-0.39, 0.29) is 18.8 Å². The molecule has 0 heterocycles. The number of carbonyl (C=O) groups is 1. The van der Waals surface area contributed by atoms with Crippen LogP contribution in [-0.4, -0.2) is 23.7 Å². The number of benzene rings is 1. The first-order valence-electron chi connectivity index (χ1n) is 4.85. The van der Waals surface area contributed by atoms with Gasteiger partial charge in [0.25, 0.3) is 0 Å². The van der Waals surface area contributed by atoms with E-state index in [1.54, 1.807) is 0 Å². The van der Waals surface area contributed by atoms with Gasteiger partial charge in [0.2, 0.25) is 0 Å². The summed E-state index contributed by atoms with van der Waals surface area (Å²) in [6, 6.07) is 7.66. The molecule has 1 aliphatic rings. The number of fused-ring (bicyclic) bond motifs is 1. The predicted octanol–water partition coefficient (Wildman–Crippen LogP) is 0.712. The van der Waals surface area contributed by atoms with Gasteiger partial charge in [-0.05, 0) is 17.5 Å². The molecule has 3 N–H and O–H groups in total. The highest BCUT2D eigenvalue weighted by atomic mass is 16.5. The maximum atomic E-state index is 10.4. The largest absolute Gasteiger partial charge is 0.480 e. The van der Waals surface area contributed by atoms with Crippen LogP contribution < -0.4 is 5.73 Å². The lowest BCUT2D eigenvalue weighted by atomic mass is 10.1. The molecular formula is C11H13NO3. The van der Waals surface area contributed by atoms with Crippen LogP contribution in [0.5, 0.6) is 0 Å². The number of ether oxygens (including phenoxy) is 1. The number of hydrogen-bond donors (Lipinski definition) is 2. The van der Waals surface area contributed by atoms with Crippen LogP contribution in [0.3, 0.4) is 0 Å². The number of rotatable bonds is 3. The molecule has 0 bridgehead atoms. The van der Waals surface area contributed by atoms with Crippen molar-refractivity contribution in [3.8, 4) is 0 Å². The Morgan fingerprint density at radius 2 is 2.27 bits per heavy atom. The molecule has 1 aromatic rings. The third-order valence-electron chi connectivity index (χ3n) is 2.59. The SMILES string of the molecule is NC1Cc2ccccc2C1OCC(=O)O. The molecule has 4 heteroatoms. The van der Waals surface area contributed by atoms with E-state index < -0.39 is 5.97 Å². The van der Waals surface area contributed by atoms with Crippen molar-refractivity contribution < 1.29 is 14.6 Å². The van der Waals surface area contributed by atoms with Crippen molar-refractivity contribution in [1.82, 2.24) is 0 Å². The third-order valence-corrected chi connectivity index (χ3v) is 2.59. The van der Waals surface area contributed by atoms with Crippen LogP contribution in [0.25, 0.3) is 0 Å². The van der Waals surface area contributed by atoms with Gasteiger partial charge in [-0.1, -0.05) is 24.3 Å². The third kappa shape index (κ3) is 2.00. The van der Waals surface area contributed by atoms with E-state index >= 15 is 0 Å². The van der Waals surface area contributed by atoms with Crippen molar-refractivity contribution >= 4 is 5.97 Å². The number of nitrogens with two attached hydrogens (primary N) is 1. The lowest BCUT2D eigenvalue weighted by molar-refractivity contribution is -0.144. The van der Waals surface area contributed by atoms with Gasteiger partial charge in [0.1, 0.15) is 6.61 Å². The van der Waals surface area contributed by atoms with E-state index in [1.165, 1.54) is 0 Å². The summed E-state index contributed by atoms with van der Waals surface area (Å²) in [5.41, 5.74) is 8.07. The molecule has 0 saturated carbocycles. The Balaban J connectivity index is 2.15. The van der Waals surface area contributed by atoms with E-state index in [0.29, 0.717) is 0 Å². The van der Waals surface area contributed by atoms with E-state index in [4.69, 9.17) is 15.6 Å². The average molecular weight is 207 g/mol. The van der Waals surface area contributed by atoms with Crippen LogP contribution in [0.2, 0.25) is 0 Å². The van der Waals surface area contributed by atoms with Gasteiger partial charge in [0, 0.05) is 6.04 Å². The Morgan fingerprint density at radius 3 is 3.00 bits per heavy atom. The summed E-state index contributed by atoms with van der Waals surface area (Å²) < 4.78 is 5.28. The van der Waals surface area contributed by atoms with Crippen LogP contribution >= 0.6 is 0 Å². The maximum absolute atomic E-state index is 10.4. The fourth-order valence-electron chi connectivity index (χ4n) is 1.96. The molecule has 4 nitrogen and oxygen atoms in total. The molecule has 0 aliphatic heterocycles. The van der Waals surface area contributed by atoms with Gasteiger partial charge in [-0.2, -0.15) is 0 Å². The van der Waals surface area contributed by atoms with Crippen molar-refractivity contribution in [3.05, 3.63) is 35.4 Å². The van der Waals surface area contributed by atoms with Gasteiger partial charge < -0.3 is 15.6 Å². The fraction of sp³-hybridized carbons (Fsp3) is 0.364. The van der Waals surface area contributed by atoms with Gasteiger partial charge in [0.15, 0.2) is 0 Å². The lowest BCUT2D eigenvalue weighted by Crippen LogP contribution is -2.28. The highest BCUT2D eigenvalue weighted by Gasteiger charge is 2.30. The molecular weight excluding hydrogens is 194 g/mol. The first kappa shape index (κ1) is 10.1. The first-order chi connectivity index (χ1) is 7.18. The molecule has 2 atom stereocenters. The van der Waals surface area contributed by atoms with Crippen LogP contribution in [0.1, 0.15) is 17.2 Å². The molecule has 0 radical (unpaired) electrons. The molecule has 0 spiro atoms. The Kier molecular flexibility index (Phi) is 2.70. The minimum absolute atomic E-state index is 0.137. The zero-order valence-electron chi connectivity index (χ0n) is 8.22. The topological polar surface area (TPSA) is 72.5 Å². The predicted molar refractivity (Wildman–Crippen MR) is 54.5 cm³/mol. The van der Waals surface area contributed by atoms with E-state index in [2.05, 4.69) is 0 Å². The van der Waals surface area contributed by atoms with Crippen molar-refractivity contribution in [2.45, 2.75) is 18.6 Å². The summed E-state index contributed by atoms with van der Waals surface area (Å²) in [5.74, 6) is -0.966. The number of carboxylic acid groups (broad SMARTS) is 1. The highest BCUT2D eigenvalue weighted by molar-refractivity contribution is 5.68. The second kappa shape index (κ2) is 4.00.